The molecule has 0 rings (SSSR count). The van der Waals surface area contributed by atoms with Crippen LogP contribution >= 0.6 is 0 Å². The number of hydrogen-bond acceptors (Lipinski definition) is 2. The normalized spacial score (nSPS) is 15.0. The van der Waals surface area contributed by atoms with Gasteiger partial charge in [-0.25, -0.2) is 5.21 Å². The third kappa shape index (κ3) is 9.81. The van der Waals surface area contributed by atoms with Gasteiger partial charge in [0.15, 0.2) is 5.66 Å². The van der Waals surface area contributed by atoms with Crippen molar-refractivity contribution in [3.63, 3.8) is 0 Å². The Morgan fingerprint density at radius 1 is 0.773 bits per heavy atom. The first-order valence-electron chi connectivity index (χ1n) is 9.69. The topological polar surface area (TPSA) is 32.3 Å². The summed E-state index contributed by atoms with van der Waals surface area (Å²) in [6, 6.07) is 0. The maximum absolute atomic E-state index is 10.3. The van der Waals surface area contributed by atoms with E-state index in [0.717, 1.165) is 19.4 Å². The number of nitrogens with one attached hydrogen (secondary N) is 1. The van der Waals surface area contributed by atoms with Crippen LogP contribution in [0.3, 0.4) is 0 Å². The zero-order chi connectivity index (χ0) is 16.9. The Morgan fingerprint density at radius 3 is 1.64 bits per heavy atom. The highest BCUT2D eigenvalue weighted by molar-refractivity contribution is 4.70. The molecule has 0 bridgehead atoms. The zero-order valence-corrected chi connectivity index (χ0v) is 16.1. The summed E-state index contributed by atoms with van der Waals surface area (Å²) in [4.78, 5) is 0. The lowest BCUT2D eigenvalue weighted by Crippen LogP contribution is -2.64. The fraction of sp³-hybridized carbons (Fsp3) is 1.00. The molecule has 0 radical (unpaired) electrons. The molecule has 0 aliphatic carbocycles. The molecule has 0 saturated heterocycles. The Morgan fingerprint density at radius 2 is 1.23 bits per heavy atom. The molecule has 3 nitrogen and oxygen atoms in total. The molecule has 0 fully saturated rings. The minimum Gasteiger partial charge on any atom is -0.263 e. The van der Waals surface area contributed by atoms with Crippen LogP contribution in [-0.4, -0.2) is 36.2 Å². The van der Waals surface area contributed by atoms with Crippen molar-refractivity contribution in [3.05, 3.63) is 0 Å². The lowest BCUT2D eigenvalue weighted by Gasteiger charge is -2.40. The second kappa shape index (κ2) is 12.3. The van der Waals surface area contributed by atoms with Crippen LogP contribution in [0, 0.1) is 0 Å². The molecule has 1 unspecified atom stereocenters. The maximum atomic E-state index is 10.3. The van der Waals surface area contributed by atoms with E-state index in [4.69, 9.17) is 0 Å². The molecular formula is C19H43N2O+. The third-order valence-corrected chi connectivity index (χ3v) is 4.98. The number of hydrogen-bond donors (Lipinski definition) is 2. The van der Waals surface area contributed by atoms with Gasteiger partial charge in [0.25, 0.3) is 0 Å². The lowest BCUT2D eigenvalue weighted by atomic mass is 10.0. The summed E-state index contributed by atoms with van der Waals surface area (Å²) in [5.74, 6) is 0. The van der Waals surface area contributed by atoms with Gasteiger partial charge in [0, 0.05) is 19.9 Å². The predicted molar refractivity (Wildman–Crippen MR) is 97.1 cm³/mol. The van der Waals surface area contributed by atoms with E-state index in [1.807, 2.05) is 14.1 Å². The summed E-state index contributed by atoms with van der Waals surface area (Å²) < 4.78 is -0.00139. The van der Waals surface area contributed by atoms with Crippen LogP contribution in [0.2, 0.25) is 0 Å². The Balaban J connectivity index is 3.59. The van der Waals surface area contributed by atoms with Crippen molar-refractivity contribution in [1.29, 1.82) is 0 Å². The van der Waals surface area contributed by atoms with Crippen molar-refractivity contribution in [3.8, 4) is 0 Å². The van der Waals surface area contributed by atoms with Gasteiger partial charge < -0.3 is 0 Å². The number of nitrogens with zero attached hydrogens (tertiary/aromatic N) is 1. The third-order valence-electron chi connectivity index (χ3n) is 4.98. The highest BCUT2D eigenvalue weighted by Crippen LogP contribution is 2.21. The molecular weight excluding hydrogens is 272 g/mol. The van der Waals surface area contributed by atoms with Crippen LogP contribution in [0.5, 0.6) is 0 Å². The summed E-state index contributed by atoms with van der Waals surface area (Å²) >= 11 is 0. The molecule has 3 heteroatoms. The van der Waals surface area contributed by atoms with Gasteiger partial charge in [0.05, 0.1) is 14.1 Å². The molecule has 134 valence electrons. The van der Waals surface area contributed by atoms with Gasteiger partial charge in [-0.05, 0) is 12.8 Å². The van der Waals surface area contributed by atoms with Crippen LogP contribution in [0.25, 0.3) is 0 Å². The van der Waals surface area contributed by atoms with Gasteiger partial charge in [-0.3, -0.25) is 5.32 Å². The average Bonchev–Trinajstić information content (AvgIpc) is 2.44. The number of hydroxylamine groups is 3. The molecule has 0 aromatic heterocycles. The minimum atomic E-state index is -0.228. The van der Waals surface area contributed by atoms with Crippen LogP contribution < -0.4 is 5.32 Å². The summed E-state index contributed by atoms with van der Waals surface area (Å²) in [5.41, 5.74) is -0.228. The van der Waals surface area contributed by atoms with E-state index < -0.39 is 0 Å². The molecule has 0 aliphatic heterocycles. The molecule has 0 aliphatic rings. The quantitative estimate of drug-likeness (QED) is 0.181. The summed E-state index contributed by atoms with van der Waals surface area (Å²) in [5, 5.41) is 13.9. The Bertz CT molecular complexity index is 250. The van der Waals surface area contributed by atoms with Crippen LogP contribution in [0.4, 0.5) is 0 Å². The summed E-state index contributed by atoms with van der Waals surface area (Å²) in [6.07, 6.45) is 15.8. The second-order valence-corrected chi connectivity index (χ2v) is 7.53. The first-order valence-corrected chi connectivity index (χ1v) is 9.69. The fourth-order valence-corrected chi connectivity index (χ4v) is 3.01. The van der Waals surface area contributed by atoms with Gasteiger partial charge >= 0.3 is 0 Å². The van der Waals surface area contributed by atoms with Crippen LogP contribution in [-0.2, 0) is 0 Å². The first kappa shape index (κ1) is 21.9. The highest BCUT2D eigenvalue weighted by atomic mass is 16.5. The first-order chi connectivity index (χ1) is 10.4. The zero-order valence-electron chi connectivity index (χ0n) is 16.1. The van der Waals surface area contributed by atoms with Crippen molar-refractivity contribution in [2.75, 3.05) is 20.6 Å². The van der Waals surface area contributed by atoms with Crippen LogP contribution in [0.1, 0.15) is 97.8 Å². The highest BCUT2D eigenvalue weighted by Gasteiger charge is 2.39. The van der Waals surface area contributed by atoms with E-state index in [1.165, 1.54) is 64.2 Å². The fourth-order valence-electron chi connectivity index (χ4n) is 3.01. The Labute approximate surface area is 140 Å². The maximum Gasteiger partial charge on any atom is 0.179 e. The monoisotopic (exact) mass is 315 g/mol. The van der Waals surface area contributed by atoms with E-state index in [1.54, 1.807) is 0 Å². The van der Waals surface area contributed by atoms with E-state index in [2.05, 4.69) is 26.1 Å². The standard InChI is InChI=1S/C19H43N2O/c1-6-8-9-10-11-12-13-14-15-16-18-20-19(3,17-7-2)21(4,5)22/h20,22H,6-18H2,1-5H3/q+1. The van der Waals surface area contributed by atoms with Crippen molar-refractivity contribution >= 4 is 0 Å². The summed E-state index contributed by atoms with van der Waals surface area (Å²) in [7, 11) is 3.72. The molecule has 0 amide bonds. The van der Waals surface area contributed by atoms with Crippen molar-refractivity contribution in [2.45, 2.75) is 103 Å². The van der Waals surface area contributed by atoms with E-state index in [-0.39, 0.29) is 10.3 Å². The molecule has 22 heavy (non-hydrogen) atoms. The van der Waals surface area contributed by atoms with E-state index in [0.29, 0.717) is 0 Å². The molecule has 0 heterocycles. The molecule has 0 aromatic carbocycles. The number of quaternary nitrogens is 1. The number of rotatable bonds is 15. The molecule has 2 N–H and O–H groups in total. The Hall–Kier alpha value is -0.120. The van der Waals surface area contributed by atoms with Gasteiger partial charge in [-0.2, -0.15) is 4.65 Å². The molecule has 1 atom stereocenters. The largest absolute Gasteiger partial charge is 0.263 e. The van der Waals surface area contributed by atoms with Gasteiger partial charge in [0.1, 0.15) is 0 Å². The second-order valence-electron chi connectivity index (χ2n) is 7.53. The van der Waals surface area contributed by atoms with Gasteiger partial charge in [-0.15, -0.1) is 0 Å². The SMILES string of the molecule is CCCCCCCCCCCCNC(C)(CCC)[N+](C)(C)O. The van der Waals surface area contributed by atoms with E-state index in [9.17, 15) is 5.21 Å². The average molecular weight is 316 g/mol. The van der Waals surface area contributed by atoms with Gasteiger partial charge in [-0.1, -0.05) is 71.6 Å². The summed E-state index contributed by atoms with van der Waals surface area (Å²) in [6.45, 7) is 7.59. The Kier molecular flexibility index (Phi) is 12.3. The van der Waals surface area contributed by atoms with Crippen LogP contribution in [0.15, 0.2) is 0 Å². The molecule has 0 spiro atoms. The number of unbranched alkanes of at least 4 members (excludes halogenated alkanes) is 9. The molecule has 0 saturated carbocycles. The van der Waals surface area contributed by atoms with E-state index >= 15 is 0 Å². The smallest absolute Gasteiger partial charge is 0.179 e. The lowest BCUT2D eigenvalue weighted by molar-refractivity contribution is -1.11. The minimum absolute atomic E-state index is 0.00139. The molecule has 0 aromatic rings. The van der Waals surface area contributed by atoms with Gasteiger partial charge in [0.2, 0.25) is 0 Å². The predicted octanol–water partition coefficient (Wildman–Crippen LogP) is 5.48. The van der Waals surface area contributed by atoms with Crippen molar-refractivity contribution in [1.82, 2.24) is 5.32 Å². The van der Waals surface area contributed by atoms with Crippen molar-refractivity contribution in [2.24, 2.45) is 0 Å². The van der Waals surface area contributed by atoms with Crippen molar-refractivity contribution < 1.29 is 9.85 Å².